The molecule has 2 heterocycles. The largest absolute Gasteiger partial charge is 0.457 e. The van der Waals surface area contributed by atoms with E-state index in [1.54, 1.807) is 0 Å². The van der Waals surface area contributed by atoms with Crippen LogP contribution in [0.15, 0.2) is 34.9 Å². The van der Waals surface area contributed by atoms with Gasteiger partial charge in [-0.25, -0.2) is 4.79 Å². The average Bonchev–Trinajstić information content (AvgIpc) is 3.04. The third-order valence-electron chi connectivity index (χ3n) is 4.44. The summed E-state index contributed by atoms with van der Waals surface area (Å²) in [7, 11) is 0. The van der Waals surface area contributed by atoms with Crippen LogP contribution in [0.5, 0.6) is 0 Å². The molecule has 25 heavy (non-hydrogen) atoms. The van der Waals surface area contributed by atoms with Gasteiger partial charge in [-0.2, -0.15) is 0 Å². The molecule has 0 atom stereocenters. The lowest BCUT2D eigenvalue weighted by Gasteiger charge is -2.10. The number of hydrogen-bond donors (Lipinski definition) is 0. The molecule has 2 aromatic heterocycles. The van der Waals surface area contributed by atoms with Crippen molar-refractivity contribution in [2.45, 2.75) is 41.2 Å². The van der Waals surface area contributed by atoms with E-state index in [1.165, 1.54) is 5.56 Å². The molecule has 0 aliphatic rings. The average molecular weight is 338 g/mol. The summed E-state index contributed by atoms with van der Waals surface area (Å²) in [5.74, 6) is 0.336. The highest BCUT2D eigenvalue weighted by atomic mass is 16.5. The van der Waals surface area contributed by atoms with Crippen LogP contribution >= 0.6 is 0 Å². The number of ether oxygens (including phenoxy) is 1. The minimum atomic E-state index is -0.341. The molecule has 0 aliphatic carbocycles. The van der Waals surface area contributed by atoms with Crippen LogP contribution in [0.1, 0.15) is 44.3 Å². The molecule has 0 unspecified atom stereocenters. The van der Waals surface area contributed by atoms with Crippen molar-refractivity contribution >= 4 is 5.97 Å². The Bertz CT molecular complexity index is 915. The van der Waals surface area contributed by atoms with Crippen molar-refractivity contribution in [3.05, 3.63) is 69.9 Å². The van der Waals surface area contributed by atoms with Crippen LogP contribution in [0.4, 0.5) is 0 Å². The van der Waals surface area contributed by atoms with Gasteiger partial charge in [0.05, 0.1) is 16.8 Å². The maximum absolute atomic E-state index is 12.6. The Balaban J connectivity index is 1.86. The van der Waals surface area contributed by atoms with Crippen molar-refractivity contribution in [2.24, 2.45) is 0 Å². The predicted octanol–water partition coefficient (Wildman–Crippen LogP) is 4.36. The fourth-order valence-electron chi connectivity index (χ4n) is 3.06. The van der Waals surface area contributed by atoms with E-state index in [1.807, 2.05) is 45.9 Å². The van der Waals surface area contributed by atoms with Crippen molar-refractivity contribution < 1.29 is 14.1 Å². The lowest BCUT2D eigenvalue weighted by molar-refractivity contribution is 0.0470. The summed E-state index contributed by atoms with van der Waals surface area (Å²) in [5, 5.41) is 3.88. The van der Waals surface area contributed by atoms with Crippen molar-refractivity contribution in [3.8, 4) is 5.69 Å². The summed E-state index contributed by atoms with van der Waals surface area (Å²) in [6.07, 6.45) is 0. The first-order valence-corrected chi connectivity index (χ1v) is 8.23. The van der Waals surface area contributed by atoms with E-state index >= 15 is 0 Å². The molecule has 0 aliphatic heterocycles. The highest BCUT2D eigenvalue weighted by Crippen LogP contribution is 2.23. The Labute approximate surface area is 147 Å². The van der Waals surface area contributed by atoms with Gasteiger partial charge in [0.15, 0.2) is 0 Å². The zero-order valence-corrected chi connectivity index (χ0v) is 15.2. The first kappa shape index (κ1) is 17.0. The van der Waals surface area contributed by atoms with Gasteiger partial charge < -0.3 is 13.8 Å². The Kier molecular flexibility index (Phi) is 4.49. The summed E-state index contributed by atoms with van der Waals surface area (Å²) < 4.78 is 12.7. The zero-order valence-electron chi connectivity index (χ0n) is 15.2. The predicted molar refractivity (Wildman–Crippen MR) is 95.1 cm³/mol. The summed E-state index contributed by atoms with van der Waals surface area (Å²) in [6.45, 7) is 9.78. The van der Waals surface area contributed by atoms with E-state index in [2.05, 4.69) is 28.8 Å². The third kappa shape index (κ3) is 3.22. The SMILES string of the molecule is Cc1cccc(-n2c(C)cc(C(=O)OCc3c(C)noc3C)c2C)c1. The number of hydrogen-bond acceptors (Lipinski definition) is 4. The molecule has 0 amide bonds. The van der Waals surface area contributed by atoms with Crippen LogP contribution in [0.25, 0.3) is 5.69 Å². The molecule has 3 rings (SSSR count). The van der Waals surface area contributed by atoms with Gasteiger partial charge >= 0.3 is 5.97 Å². The molecule has 5 nitrogen and oxygen atoms in total. The van der Waals surface area contributed by atoms with Crippen molar-refractivity contribution in [1.29, 1.82) is 0 Å². The number of nitrogens with zero attached hydrogens (tertiary/aromatic N) is 2. The lowest BCUT2D eigenvalue weighted by atomic mass is 10.2. The van der Waals surface area contributed by atoms with Crippen molar-refractivity contribution in [2.75, 3.05) is 0 Å². The summed E-state index contributed by atoms with van der Waals surface area (Å²) in [6, 6.07) is 10.1. The molecule has 1 aromatic carbocycles. The fourth-order valence-corrected chi connectivity index (χ4v) is 3.06. The molecule has 0 saturated carbocycles. The van der Waals surface area contributed by atoms with Crippen molar-refractivity contribution in [3.63, 3.8) is 0 Å². The molecule has 0 N–H and O–H groups in total. The zero-order chi connectivity index (χ0) is 18.1. The first-order chi connectivity index (χ1) is 11.9. The van der Waals surface area contributed by atoms with Gasteiger partial charge in [0.25, 0.3) is 0 Å². The molecule has 130 valence electrons. The Morgan fingerprint density at radius 3 is 2.56 bits per heavy atom. The number of benzene rings is 1. The minimum Gasteiger partial charge on any atom is -0.457 e. The van der Waals surface area contributed by atoms with Gasteiger partial charge in [0.1, 0.15) is 12.4 Å². The highest BCUT2D eigenvalue weighted by molar-refractivity contribution is 5.91. The molecule has 0 bridgehead atoms. The van der Waals surface area contributed by atoms with Gasteiger partial charge in [-0.05, 0) is 58.4 Å². The molecule has 0 fully saturated rings. The van der Waals surface area contributed by atoms with Gasteiger partial charge in [0.2, 0.25) is 0 Å². The summed E-state index contributed by atoms with van der Waals surface area (Å²) >= 11 is 0. The second-order valence-corrected chi connectivity index (χ2v) is 6.34. The van der Waals surface area contributed by atoms with E-state index in [0.717, 1.165) is 28.3 Å². The minimum absolute atomic E-state index is 0.161. The van der Waals surface area contributed by atoms with Gasteiger partial charge in [0, 0.05) is 17.1 Å². The highest BCUT2D eigenvalue weighted by Gasteiger charge is 2.19. The van der Waals surface area contributed by atoms with Crippen LogP contribution in [-0.2, 0) is 11.3 Å². The van der Waals surface area contributed by atoms with Crippen molar-refractivity contribution in [1.82, 2.24) is 9.72 Å². The number of carbonyl (C=O) groups is 1. The molecule has 0 radical (unpaired) electrons. The molecule has 0 spiro atoms. The number of rotatable bonds is 4. The maximum Gasteiger partial charge on any atom is 0.340 e. The van der Waals surface area contributed by atoms with Crippen LogP contribution < -0.4 is 0 Å². The molecule has 3 aromatic rings. The van der Waals surface area contributed by atoms with E-state index in [9.17, 15) is 4.79 Å². The molecular formula is C20H22N2O3. The molecule has 0 saturated heterocycles. The molecular weight excluding hydrogens is 316 g/mol. The van der Waals surface area contributed by atoms with E-state index in [0.29, 0.717) is 11.3 Å². The second-order valence-electron chi connectivity index (χ2n) is 6.34. The number of aromatic nitrogens is 2. The smallest absolute Gasteiger partial charge is 0.340 e. The Morgan fingerprint density at radius 2 is 1.92 bits per heavy atom. The van der Waals surface area contributed by atoms with E-state index in [4.69, 9.17) is 9.26 Å². The topological polar surface area (TPSA) is 57.3 Å². The monoisotopic (exact) mass is 338 g/mol. The quantitative estimate of drug-likeness (QED) is 0.663. The maximum atomic E-state index is 12.6. The first-order valence-electron chi connectivity index (χ1n) is 8.23. The van der Waals surface area contributed by atoms with Gasteiger partial charge in [-0.15, -0.1) is 0 Å². The Morgan fingerprint density at radius 1 is 1.16 bits per heavy atom. The lowest BCUT2D eigenvalue weighted by Crippen LogP contribution is -2.08. The summed E-state index contributed by atoms with van der Waals surface area (Å²) in [5.41, 5.74) is 6.22. The van der Waals surface area contributed by atoms with Crippen LogP contribution in [-0.4, -0.2) is 15.7 Å². The third-order valence-corrected chi connectivity index (χ3v) is 4.44. The Hall–Kier alpha value is -2.82. The van der Waals surface area contributed by atoms with E-state index in [-0.39, 0.29) is 12.6 Å². The normalized spacial score (nSPS) is 10.9. The number of esters is 1. The number of carbonyl (C=O) groups excluding carboxylic acids is 1. The van der Waals surface area contributed by atoms with Crippen LogP contribution in [0, 0.1) is 34.6 Å². The van der Waals surface area contributed by atoms with Crippen LogP contribution in [0.3, 0.4) is 0 Å². The molecule has 5 heteroatoms. The summed E-state index contributed by atoms with van der Waals surface area (Å²) in [4.78, 5) is 12.6. The fraction of sp³-hybridized carbons (Fsp3) is 0.300. The van der Waals surface area contributed by atoms with Crippen LogP contribution in [0.2, 0.25) is 0 Å². The van der Waals surface area contributed by atoms with Gasteiger partial charge in [-0.3, -0.25) is 0 Å². The van der Waals surface area contributed by atoms with E-state index < -0.39 is 0 Å². The standard InChI is InChI=1S/C20H22N2O3/c1-12-7-6-8-17(9-12)22-13(2)10-18(15(22)4)20(23)24-11-19-14(3)21-25-16(19)5/h6-10H,11H2,1-5H3. The van der Waals surface area contributed by atoms with Gasteiger partial charge in [-0.1, -0.05) is 17.3 Å². The second kappa shape index (κ2) is 6.59. The number of aryl methyl sites for hydroxylation is 4.